The number of hydrogen-bond acceptors (Lipinski definition) is 4. The van der Waals surface area contributed by atoms with Gasteiger partial charge in [0.1, 0.15) is 0 Å². The van der Waals surface area contributed by atoms with Gasteiger partial charge in [-0.2, -0.15) is 5.26 Å². The molecule has 0 spiro atoms. The maximum absolute atomic E-state index is 12.4. The van der Waals surface area contributed by atoms with E-state index in [9.17, 15) is 9.59 Å². The number of nitriles is 1. The first-order chi connectivity index (χ1) is 15.1. The monoisotopic (exact) mass is 410 g/mol. The van der Waals surface area contributed by atoms with Gasteiger partial charge in [-0.15, -0.1) is 0 Å². The van der Waals surface area contributed by atoms with Crippen LogP contribution in [0.4, 0.5) is 0 Å². The van der Waals surface area contributed by atoms with Gasteiger partial charge in [-0.05, 0) is 41.3 Å². The zero-order valence-electron chi connectivity index (χ0n) is 16.9. The number of carbonyl (C=O) groups excluding carboxylic acids is 2. The molecule has 154 valence electrons. The highest BCUT2D eigenvalue weighted by molar-refractivity contribution is 5.89. The molecule has 0 saturated carbocycles. The second-order valence-electron chi connectivity index (χ2n) is 6.90. The summed E-state index contributed by atoms with van der Waals surface area (Å²) in [6, 6.07) is 28.2. The van der Waals surface area contributed by atoms with Gasteiger partial charge < -0.3 is 10.1 Å². The molecule has 31 heavy (non-hydrogen) atoms. The molecule has 0 unspecified atom stereocenters. The Bertz CT molecular complexity index is 1070. The van der Waals surface area contributed by atoms with Crippen LogP contribution < -0.4 is 5.32 Å². The first-order valence-corrected chi connectivity index (χ1v) is 9.87. The lowest BCUT2D eigenvalue weighted by atomic mass is 9.99. The molecule has 1 atom stereocenters. The van der Waals surface area contributed by atoms with Gasteiger partial charge >= 0.3 is 5.97 Å². The molecule has 0 saturated heterocycles. The third-order valence-corrected chi connectivity index (χ3v) is 4.62. The molecule has 0 fully saturated rings. The number of benzene rings is 3. The number of amides is 1. The van der Waals surface area contributed by atoms with Crippen LogP contribution in [-0.2, 0) is 20.7 Å². The zero-order chi connectivity index (χ0) is 21.9. The van der Waals surface area contributed by atoms with E-state index in [1.165, 1.54) is 6.08 Å². The number of rotatable bonds is 8. The van der Waals surface area contributed by atoms with Gasteiger partial charge in [-0.1, -0.05) is 72.8 Å². The Morgan fingerprint density at radius 2 is 1.58 bits per heavy atom. The number of hydrogen-bond donors (Lipinski definition) is 1. The summed E-state index contributed by atoms with van der Waals surface area (Å²) in [6.07, 6.45) is 3.46. The molecule has 3 rings (SSSR count). The number of esters is 1. The molecule has 3 aromatic carbocycles. The number of nitrogens with one attached hydrogen (secondary N) is 1. The Morgan fingerprint density at radius 1 is 0.935 bits per heavy atom. The van der Waals surface area contributed by atoms with Crippen molar-refractivity contribution in [3.8, 4) is 6.07 Å². The molecule has 1 amide bonds. The largest absolute Gasteiger partial charge is 0.452 e. The van der Waals surface area contributed by atoms with Gasteiger partial charge in [-0.25, -0.2) is 4.79 Å². The first-order valence-electron chi connectivity index (χ1n) is 9.87. The van der Waals surface area contributed by atoms with Crippen molar-refractivity contribution in [3.63, 3.8) is 0 Å². The van der Waals surface area contributed by atoms with Crippen LogP contribution in [0.25, 0.3) is 6.08 Å². The van der Waals surface area contributed by atoms with Crippen LogP contribution >= 0.6 is 0 Å². The lowest BCUT2D eigenvalue weighted by molar-refractivity contribution is -0.144. The molecule has 0 heterocycles. The SMILES string of the molecule is N#Cc1ccc(/C=C/C(=O)OCC(=O)N[C@@H](Cc2ccccc2)c2ccccc2)cc1. The van der Waals surface area contributed by atoms with Crippen molar-refractivity contribution in [2.45, 2.75) is 12.5 Å². The molecule has 0 aliphatic rings. The smallest absolute Gasteiger partial charge is 0.331 e. The highest BCUT2D eigenvalue weighted by Gasteiger charge is 2.16. The first kappa shape index (κ1) is 21.5. The molecule has 0 aromatic heterocycles. The fourth-order valence-electron chi connectivity index (χ4n) is 3.04. The average Bonchev–Trinajstić information content (AvgIpc) is 2.82. The fraction of sp³-hybridized carbons (Fsp3) is 0.115. The van der Waals surface area contributed by atoms with E-state index in [4.69, 9.17) is 10.00 Å². The van der Waals surface area contributed by atoms with Crippen LogP contribution in [0.15, 0.2) is 91.0 Å². The van der Waals surface area contributed by atoms with Crippen molar-refractivity contribution in [1.82, 2.24) is 5.32 Å². The predicted molar refractivity (Wildman–Crippen MR) is 119 cm³/mol. The minimum atomic E-state index is -0.612. The van der Waals surface area contributed by atoms with Gasteiger partial charge in [0.15, 0.2) is 6.61 Å². The lowest BCUT2D eigenvalue weighted by Crippen LogP contribution is -2.33. The minimum Gasteiger partial charge on any atom is -0.452 e. The third-order valence-electron chi connectivity index (χ3n) is 4.62. The van der Waals surface area contributed by atoms with Crippen molar-refractivity contribution in [2.75, 3.05) is 6.61 Å². The minimum absolute atomic E-state index is 0.232. The Morgan fingerprint density at radius 3 is 2.23 bits per heavy atom. The van der Waals surface area contributed by atoms with Gasteiger partial charge in [0.25, 0.3) is 5.91 Å². The van der Waals surface area contributed by atoms with E-state index in [-0.39, 0.29) is 18.6 Å². The fourth-order valence-corrected chi connectivity index (χ4v) is 3.04. The topological polar surface area (TPSA) is 79.2 Å². The van der Waals surface area contributed by atoms with Gasteiger partial charge in [-0.3, -0.25) is 4.79 Å². The highest BCUT2D eigenvalue weighted by Crippen LogP contribution is 2.18. The van der Waals surface area contributed by atoms with E-state index >= 15 is 0 Å². The van der Waals surface area contributed by atoms with Crippen LogP contribution in [0, 0.1) is 11.3 Å². The summed E-state index contributed by atoms with van der Waals surface area (Å²) in [5.74, 6) is -0.983. The maximum Gasteiger partial charge on any atom is 0.331 e. The summed E-state index contributed by atoms with van der Waals surface area (Å²) in [7, 11) is 0. The van der Waals surface area contributed by atoms with Crippen LogP contribution in [0.2, 0.25) is 0 Å². The van der Waals surface area contributed by atoms with Crippen LogP contribution in [0.5, 0.6) is 0 Å². The summed E-state index contributed by atoms with van der Waals surface area (Å²) in [5, 5.41) is 11.8. The molecule has 0 bridgehead atoms. The van der Waals surface area contributed by atoms with Crippen molar-refractivity contribution >= 4 is 18.0 Å². The molecular weight excluding hydrogens is 388 g/mol. The molecule has 0 aliphatic heterocycles. The summed E-state index contributed by atoms with van der Waals surface area (Å²) in [4.78, 5) is 24.4. The molecule has 1 N–H and O–H groups in total. The molecule has 0 aliphatic carbocycles. The maximum atomic E-state index is 12.4. The van der Waals surface area contributed by atoms with Crippen LogP contribution in [0.1, 0.15) is 28.3 Å². The Balaban J connectivity index is 1.55. The van der Waals surface area contributed by atoms with Gasteiger partial charge in [0, 0.05) is 6.08 Å². The standard InChI is InChI=1S/C26H22N2O3/c27-18-22-13-11-20(12-14-22)15-16-26(30)31-19-25(29)28-24(23-9-5-2-6-10-23)17-21-7-3-1-4-8-21/h1-16,24H,17,19H2,(H,28,29)/b16-15+/t24-/m0/s1. The number of ether oxygens (including phenoxy) is 1. The Kier molecular flexibility index (Phi) is 7.73. The Labute approximate surface area is 181 Å². The van der Waals surface area contributed by atoms with E-state index in [0.717, 1.165) is 16.7 Å². The van der Waals surface area contributed by atoms with Crippen molar-refractivity contribution in [1.29, 1.82) is 5.26 Å². The van der Waals surface area contributed by atoms with Crippen molar-refractivity contribution < 1.29 is 14.3 Å². The summed E-state index contributed by atoms with van der Waals surface area (Å²) in [5.41, 5.74) is 3.37. The van der Waals surface area contributed by atoms with Gasteiger partial charge in [0.05, 0.1) is 17.7 Å². The molecule has 5 heteroatoms. The third kappa shape index (κ3) is 6.98. The van der Waals surface area contributed by atoms with E-state index in [1.54, 1.807) is 30.3 Å². The van der Waals surface area contributed by atoms with Crippen molar-refractivity contribution in [3.05, 3.63) is 113 Å². The second kappa shape index (κ2) is 11.1. The van der Waals surface area contributed by atoms with E-state index in [0.29, 0.717) is 12.0 Å². The molecular formula is C26H22N2O3. The summed E-state index contributed by atoms with van der Waals surface area (Å²) < 4.78 is 5.07. The zero-order valence-corrected chi connectivity index (χ0v) is 16.9. The van der Waals surface area contributed by atoms with E-state index < -0.39 is 5.97 Å². The van der Waals surface area contributed by atoms with E-state index in [2.05, 4.69) is 5.32 Å². The number of nitrogens with zero attached hydrogens (tertiary/aromatic N) is 1. The Hall–Kier alpha value is -4.17. The highest BCUT2D eigenvalue weighted by atomic mass is 16.5. The van der Waals surface area contributed by atoms with Crippen LogP contribution in [0.3, 0.4) is 0 Å². The van der Waals surface area contributed by atoms with Crippen LogP contribution in [-0.4, -0.2) is 18.5 Å². The average molecular weight is 410 g/mol. The molecule has 3 aromatic rings. The summed E-state index contributed by atoms with van der Waals surface area (Å²) >= 11 is 0. The van der Waals surface area contributed by atoms with E-state index in [1.807, 2.05) is 66.7 Å². The quantitative estimate of drug-likeness (QED) is 0.446. The number of carbonyl (C=O) groups is 2. The normalized spacial score (nSPS) is 11.5. The lowest BCUT2D eigenvalue weighted by Gasteiger charge is -2.19. The van der Waals surface area contributed by atoms with Crippen molar-refractivity contribution in [2.24, 2.45) is 0 Å². The second-order valence-corrected chi connectivity index (χ2v) is 6.90. The predicted octanol–water partition coefficient (Wildman–Crippen LogP) is 4.21. The summed E-state index contributed by atoms with van der Waals surface area (Å²) in [6.45, 7) is -0.366. The molecule has 0 radical (unpaired) electrons. The molecule has 5 nitrogen and oxygen atoms in total. The van der Waals surface area contributed by atoms with Gasteiger partial charge in [0.2, 0.25) is 0 Å².